The molecule has 1 atom stereocenters. The molecule has 0 saturated carbocycles. The van der Waals surface area contributed by atoms with Crippen molar-refractivity contribution in [1.82, 2.24) is 14.7 Å². The molecule has 25 heavy (non-hydrogen) atoms. The van der Waals surface area contributed by atoms with E-state index in [1.165, 1.54) is 6.42 Å². The molecule has 0 spiro atoms. The van der Waals surface area contributed by atoms with Crippen LogP contribution in [0.2, 0.25) is 0 Å². The summed E-state index contributed by atoms with van der Waals surface area (Å²) in [6.07, 6.45) is 8.70. The molecule has 5 heteroatoms. The van der Waals surface area contributed by atoms with E-state index in [9.17, 15) is 4.79 Å². The lowest BCUT2D eigenvalue weighted by molar-refractivity contribution is -0.134. The van der Waals surface area contributed by atoms with Crippen LogP contribution in [0.25, 0.3) is 0 Å². The molecule has 2 aromatic rings. The summed E-state index contributed by atoms with van der Waals surface area (Å²) in [5.41, 5.74) is 2.25. The first-order valence-electron chi connectivity index (χ1n) is 9.16. The number of benzene rings is 1. The Morgan fingerprint density at radius 2 is 2.04 bits per heavy atom. The van der Waals surface area contributed by atoms with E-state index in [1.807, 2.05) is 31.0 Å². The number of carbonyl (C=O) groups excluding carboxylic acids is 1. The minimum absolute atomic E-state index is 0.253. The molecule has 1 aromatic carbocycles. The number of rotatable bonds is 6. The molecule has 0 bridgehead atoms. The molecule has 1 aromatic heterocycles. The number of amides is 1. The lowest BCUT2D eigenvalue weighted by atomic mass is 9.98. The number of piperidine rings is 1. The molecule has 0 radical (unpaired) electrons. The second kappa shape index (κ2) is 8.19. The van der Waals surface area contributed by atoms with Gasteiger partial charge in [-0.3, -0.25) is 9.48 Å². The number of aromatic nitrogens is 2. The van der Waals surface area contributed by atoms with Crippen molar-refractivity contribution in [2.75, 3.05) is 25.5 Å². The normalized spacial score (nSPS) is 17.5. The van der Waals surface area contributed by atoms with Gasteiger partial charge in [-0.25, -0.2) is 0 Å². The Morgan fingerprint density at radius 1 is 1.24 bits per heavy atom. The zero-order valence-corrected chi connectivity index (χ0v) is 15.3. The van der Waals surface area contributed by atoms with E-state index < -0.39 is 0 Å². The molecule has 0 N–H and O–H groups in total. The van der Waals surface area contributed by atoms with Gasteiger partial charge in [0.15, 0.2) is 0 Å². The SMILES string of the molecule is CN(C)c1ccc(CC(=O)N2CCCC[C@@H]2CCn2cccn2)cc1. The average Bonchev–Trinajstić information content (AvgIpc) is 3.14. The highest BCUT2D eigenvalue weighted by Crippen LogP contribution is 2.22. The van der Waals surface area contributed by atoms with Crippen molar-refractivity contribution >= 4 is 11.6 Å². The topological polar surface area (TPSA) is 41.4 Å². The third-order valence-corrected chi connectivity index (χ3v) is 5.01. The minimum Gasteiger partial charge on any atom is -0.378 e. The molecule has 1 fully saturated rings. The van der Waals surface area contributed by atoms with Crippen molar-refractivity contribution in [2.24, 2.45) is 0 Å². The molecule has 134 valence electrons. The van der Waals surface area contributed by atoms with Gasteiger partial charge in [-0.2, -0.15) is 5.10 Å². The maximum Gasteiger partial charge on any atom is 0.227 e. The lowest BCUT2D eigenvalue weighted by Crippen LogP contribution is -2.44. The molecular formula is C20H28N4O. The monoisotopic (exact) mass is 340 g/mol. The fraction of sp³-hybridized carbons (Fsp3) is 0.500. The van der Waals surface area contributed by atoms with Gasteiger partial charge in [-0.05, 0) is 49.4 Å². The molecular weight excluding hydrogens is 312 g/mol. The predicted molar refractivity (Wildman–Crippen MR) is 101 cm³/mol. The summed E-state index contributed by atoms with van der Waals surface area (Å²) < 4.78 is 1.96. The summed E-state index contributed by atoms with van der Waals surface area (Å²) in [4.78, 5) is 17.0. The quantitative estimate of drug-likeness (QED) is 0.812. The molecule has 1 amide bonds. The Balaban J connectivity index is 1.59. The second-order valence-corrected chi connectivity index (χ2v) is 7.03. The summed E-state index contributed by atoms with van der Waals surface area (Å²) >= 11 is 0. The Morgan fingerprint density at radius 3 is 2.72 bits per heavy atom. The highest BCUT2D eigenvalue weighted by Gasteiger charge is 2.26. The molecule has 1 aliphatic heterocycles. The summed E-state index contributed by atoms with van der Waals surface area (Å²) in [6.45, 7) is 1.76. The molecule has 1 saturated heterocycles. The fourth-order valence-corrected chi connectivity index (χ4v) is 3.53. The number of anilines is 1. The van der Waals surface area contributed by atoms with Crippen LogP contribution in [-0.2, 0) is 17.8 Å². The molecule has 0 aliphatic carbocycles. The fourth-order valence-electron chi connectivity index (χ4n) is 3.53. The van der Waals surface area contributed by atoms with Crippen LogP contribution in [0.1, 0.15) is 31.2 Å². The largest absolute Gasteiger partial charge is 0.378 e. The third kappa shape index (κ3) is 4.62. The van der Waals surface area contributed by atoms with Crippen LogP contribution < -0.4 is 4.90 Å². The predicted octanol–water partition coefficient (Wildman–Crippen LogP) is 2.96. The van der Waals surface area contributed by atoms with Gasteiger partial charge in [0.05, 0.1) is 6.42 Å². The van der Waals surface area contributed by atoms with Gasteiger partial charge in [0, 0.05) is 51.3 Å². The molecule has 1 aliphatic rings. The number of likely N-dealkylation sites (tertiary alicyclic amines) is 1. The van der Waals surface area contributed by atoms with Gasteiger partial charge < -0.3 is 9.80 Å². The first kappa shape index (κ1) is 17.5. The van der Waals surface area contributed by atoms with Crippen molar-refractivity contribution in [3.8, 4) is 0 Å². The second-order valence-electron chi connectivity index (χ2n) is 7.03. The smallest absolute Gasteiger partial charge is 0.227 e. The maximum atomic E-state index is 12.9. The summed E-state index contributed by atoms with van der Waals surface area (Å²) in [7, 11) is 4.05. The zero-order valence-electron chi connectivity index (χ0n) is 15.3. The Kier molecular flexibility index (Phi) is 5.74. The lowest BCUT2D eigenvalue weighted by Gasteiger charge is -2.36. The Bertz CT molecular complexity index is 664. The number of hydrogen-bond donors (Lipinski definition) is 0. The van der Waals surface area contributed by atoms with E-state index in [2.05, 4.69) is 39.2 Å². The number of hydrogen-bond acceptors (Lipinski definition) is 3. The van der Waals surface area contributed by atoms with E-state index in [1.54, 1.807) is 6.20 Å². The highest BCUT2D eigenvalue weighted by molar-refractivity contribution is 5.79. The molecule has 5 nitrogen and oxygen atoms in total. The van der Waals surface area contributed by atoms with E-state index in [-0.39, 0.29) is 5.91 Å². The molecule has 0 unspecified atom stereocenters. The van der Waals surface area contributed by atoms with Crippen molar-refractivity contribution in [3.63, 3.8) is 0 Å². The number of nitrogens with zero attached hydrogens (tertiary/aromatic N) is 4. The van der Waals surface area contributed by atoms with Gasteiger partial charge in [-0.1, -0.05) is 12.1 Å². The van der Waals surface area contributed by atoms with Crippen LogP contribution in [0.4, 0.5) is 5.69 Å². The average molecular weight is 340 g/mol. The van der Waals surface area contributed by atoms with Crippen molar-refractivity contribution < 1.29 is 4.79 Å². The van der Waals surface area contributed by atoms with Gasteiger partial charge in [0.2, 0.25) is 5.91 Å². The summed E-state index contributed by atoms with van der Waals surface area (Å²) in [6, 6.07) is 10.6. The van der Waals surface area contributed by atoms with Crippen molar-refractivity contribution in [2.45, 2.75) is 44.7 Å². The van der Waals surface area contributed by atoms with Crippen LogP contribution >= 0.6 is 0 Å². The Labute approximate surface area is 150 Å². The van der Waals surface area contributed by atoms with Crippen LogP contribution in [0.5, 0.6) is 0 Å². The summed E-state index contributed by atoms with van der Waals surface area (Å²) in [5.74, 6) is 0.253. The van der Waals surface area contributed by atoms with Crippen LogP contribution in [-0.4, -0.2) is 47.3 Å². The third-order valence-electron chi connectivity index (χ3n) is 5.01. The van der Waals surface area contributed by atoms with Crippen LogP contribution in [0.3, 0.4) is 0 Å². The van der Waals surface area contributed by atoms with Crippen LogP contribution in [0, 0.1) is 0 Å². The van der Waals surface area contributed by atoms with E-state index >= 15 is 0 Å². The summed E-state index contributed by atoms with van der Waals surface area (Å²) in [5, 5.41) is 4.27. The van der Waals surface area contributed by atoms with Crippen molar-refractivity contribution in [3.05, 3.63) is 48.3 Å². The number of carbonyl (C=O) groups is 1. The van der Waals surface area contributed by atoms with E-state index in [4.69, 9.17) is 0 Å². The van der Waals surface area contributed by atoms with E-state index in [0.717, 1.165) is 43.6 Å². The molecule has 2 heterocycles. The first-order valence-corrected chi connectivity index (χ1v) is 9.16. The zero-order chi connectivity index (χ0) is 17.6. The van der Waals surface area contributed by atoms with Gasteiger partial charge in [-0.15, -0.1) is 0 Å². The Hall–Kier alpha value is -2.30. The first-order chi connectivity index (χ1) is 12.1. The van der Waals surface area contributed by atoms with Crippen LogP contribution in [0.15, 0.2) is 42.7 Å². The van der Waals surface area contributed by atoms with Gasteiger partial charge in [0.25, 0.3) is 0 Å². The minimum atomic E-state index is 0.253. The van der Waals surface area contributed by atoms with Gasteiger partial charge >= 0.3 is 0 Å². The standard InChI is InChI=1S/C20H28N4O/c1-22(2)18-9-7-17(8-10-18)16-20(25)24-14-4-3-6-19(24)11-15-23-13-5-12-21-23/h5,7-10,12-13,19H,3-4,6,11,14-16H2,1-2H3/t19-/m1/s1. The highest BCUT2D eigenvalue weighted by atomic mass is 16.2. The molecule has 3 rings (SSSR count). The van der Waals surface area contributed by atoms with Crippen molar-refractivity contribution in [1.29, 1.82) is 0 Å². The maximum absolute atomic E-state index is 12.9. The van der Waals surface area contributed by atoms with Gasteiger partial charge in [0.1, 0.15) is 0 Å². The van der Waals surface area contributed by atoms with E-state index in [0.29, 0.717) is 12.5 Å². The number of aryl methyl sites for hydroxylation is 1.